The Bertz CT molecular complexity index is 888. The molecular weight excluding hydrogens is 339 g/mol. The molecular formula is C20H17FO5. The average Bonchev–Trinajstić information content (AvgIpc) is 2.92. The van der Waals surface area contributed by atoms with Crippen LogP contribution in [0.2, 0.25) is 0 Å². The van der Waals surface area contributed by atoms with Gasteiger partial charge in [0.15, 0.2) is 11.9 Å². The van der Waals surface area contributed by atoms with Crippen molar-refractivity contribution >= 4 is 17.8 Å². The van der Waals surface area contributed by atoms with Crippen LogP contribution in [-0.2, 0) is 9.53 Å². The van der Waals surface area contributed by atoms with E-state index in [0.29, 0.717) is 17.1 Å². The van der Waals surface area contributed by atoms with Gasteiger partial charge in [-0.3, -0.25) is 4.79 Å². The van der Waals surface area contributed by atoms with Gasteiger partial charge >= 0.3 is 5.97 Å². The van der Waals surface area contributed by atoms with E-state index in [1.54, 1.807) is 44.2 Å². The summed E-state index contributed by atoms with van der Waals surface area (Å²) < 4.78 is 29.7. The van der Waals surface area contributed by atoms with Crippen molar-refractivity contribution in [1.82, 2.24) is 0 Å². The summed E-state index contributed by atoms with van der Waals surface area (Å²) in [5, 5.41) is 0. The molecule has 0 unspecified atom stereocenters. The number of carbonyl (C=O) groups is 2. The summed E-state index contributed by atoms with van der Waals surface area (Å²) in [4.78, 5) is 24.1. The Morgan fingerprint density at radius 3 is 2.77 bits per heavy atom. The topological polar surface area (TPSA) is 61.8 Å². The normalized spacial score (nSPS) is 15.3. The van der Waals surface area contributed by atoms with Gasteiger partial charge in [-0.15, -0.1) is 0 Å². The van der Waals surface area contributed by atoms with E-state index in [1.807, 2.05) is 0 Å². The first-order chi connectivity index (χ1) is 12.5. The lowest BCUT2D eigenvalue weighted by Crippen LogP contribution is -2.26. The van der Waals surface area contributed by atoms with E-state index in [9.17, 15) is 14.0 Å². The predicted octanol–water partition coefficient (Wildman–Crippen LogP) is 3.77. The second-order valence-corrected chi connectivity index (χ2v) is 5.63. The van der Waals surface area contributed by atoms with Crippen LogP contribution < -0.4 is 9.47 Å². The van der Waals surface area contributed by atoms with Crippen molar-refractivity contribution in [2.75, 3.05) is 6.61 Å². The first kappa shape index (κ1) is 17.7. The summed E-state index contributed by atoms with van der Waals surface area (Å²) in [5.74, 6) is -0.575. The van der Waals surface area contributed by atoms with Gasteiger partial charge in [0, 0.05) is 11.6 Å². The Hall–Kier alpha value is -3.15. The molecule has 0 N–H and O–H groups in total. The highest BCUT2D eigenvalue weighted by atomic mass is 19.1. The monoisotopic (exact) mass is 356 g/mol. The van der Waals surface area contributed by atoms with Crippen LogP contribution in [0.3, 0.4) is 0 Å². The fraction of sp³-hybridized carbons (Fsp3) is 0.200. The van der Waals surface area contributed by atoms with Gasteiger partial charge in [0.2, 0.25) is 5.78 Å². The summed E-state index contributed by atoms with van der Waals surface area (Å²) in [5.41, 5.74) is 0.611. The fourth-order valence-electron chi connectivity index (χ4n) is 2.49. The summed E-state index contributed by atoms with van der Waals surface area (Å²) in [6.45, 7) is 3.54. The Balaban J connectivity index is 1.80. The Morgan fingerprint density at radius 2 is 2.04 bits per heavy atom. The molecule has 0 saturated heterocycles. The third-order valence-electron chi connectivity index (χ3n) is 3.76. The Labute approximate surface area is 150 Å². The maximum Gasteiger partial charge on any atom is 0.347 e. The number of halogens is 1. The van der Waals surface area contributed by atoms with Crippen LogP contribution in [-0.4, -0.2) is 24.5 Å². The lowest BCUT2D eigenvalue weighted by Gasteiger charge is -2.13. The van der Waals surface area contributed by atoms with E-state index in [1.165, 1.54) is 18.2 Å². The Kier molecular flexibility index (Phi) is 5.02. The number of rotatable bonds is 5. The van der Waals surface area contributed by atoms with Gasteiger partial charge in [-0.1, -0.05) is 18.2 Å². The molecule has 2 aromatic rings. The summed E-state index contributed by atoms with van der Waals surface area (Å²) >= 11 is 0. The van der Waals surface area contributed by atoms with Crippen molar-refractivity contribution in [2.45, 2.75) is 20.0 Å². The second-order valence-electron chi connectivity index (χ2n) is 5.63. The zero-order chi connectivity index (χ0) is 18.7. The van der Waals surface area contributed by atoms with Crippen LogP contribution in [0.25, 0.3) is 6.08 Å². The minimum atomic E-state index is -0.793. The van der Waals surface area contributed by atoms with Gasteiger partial charge < -0.3 is 14.2 Å². The molecule has 0 bridgehead atoms. The van der Waals surface area contributed by atoms with Crippen LogP contribution in [0.1, 0.15) is 29.8 Å². The molecule has 1 aliphatic rings. The molecule has 0 amide bonds. The highest BCUT2D eigenvalue weighted by molar-refractivity contribution is 6.14. The van der Waals surface area contributed by atoms with Gasteiger partial charge in [-0.05, 0) is 38.1 Å². The molecule has 1 aliphatic heterocycles. The molecule has 0 saturated carbocycles. The minimum absolute atomic E-state index is 0.0284. The van der Waals surface area contributed by atoms with E-state index in [0.717, 1.165) is 0 Å². The third kappa shape index (κ3) is 3.59. The SMILES string of the molecule is CCOC(=O)[C@@H](C)Oc1ccc2c(c1)OC(=Cc1ccccc1F)C2=O. The second kappa shape index (κ2) is 7.39. The number of hydrogen-bond acceptors (Lipinski definition) is 5. The first-order valence-electron chi connectivity index (χ1n) is 8.15. The average molecular weight is 356 g/mol. The molecule has 2 aromatic carbocycles. The number of benzene rings is 2. The number of fused-ring (bicyclic) bond motifs is 1. The van der Waals surface area contributed by atoms with E-state index < -0.39 is 17.9 Å². The van der Waals surface area contributed by atoms with E-state index >= 15 is 0 Å². The smallest absolute Gasteiger partial charge is 0.347 e. The molecule has 134 valence electrons. The van der Waals surface area contributed by atoms with Gasteiger partial charge in [0.05, 0.1) is 12.2 Å². The van der Waals surface area contributed by atoms with Gasteiger partial charge in [0.25, 0.3) is 0 Å². The molecule has 0 radical (unpaired) electrons. The molecule has 0 fully saturated rings. The van der Waals surface area contributed by atoms with Gasteiger partial charge in [0.1, 0.15) is 17.3 Å². The van der Waals surface area contributed by atoms with Crippen LogP contribution in [0, 0.1) is 5.82 Å². The third-order valence-corrected chi connectivity index (χ3v) is 3.76. The molecule has 0 aromatic heterocycles. The summed E-state index contributed by atoms with van der Waals surface area (Å²) in [6, 6.07) is 10.7. The molecule has 6 heteroatoms. The lowest BCUT2D eigenvalue weighted by molar-refractivity contribution is -0.150. The van der Waals surface area contributed by atoms with Crippen LogP contribution >= 0.6 is 0 Å². The molecule has 0 aliphatic carbocycles. The van der Waals surface area contributed by atoms with Crippen molar-refractivity contribution in [2.24, 2.45) is 0 Å². The number of ketones is 1. The predicted molar refractivity (Wildman–Crippen MR) is 92.5 cm³/mol. The lowest BCUT2D eigenvalue weighted by atomic mass is 10.1. The molecule has 3 rings (SSSR count). The largest absolute Gasteiger partial charge is 0.479 e. The number of esters is 1. The molecule has 5 nitrogen and oxygen atoms in total. The van der Waals surface area contributed by atoms with E-state index in [-0.39, 0.29) is 23.7 Å². The van der Waals surface area contributed by atoms with Gasteiger partial charge in [-0.2, -0.15) is 0 Å². The maximum atomic E-state index is 13.8. The first-order valence-corrected chi connectivity index (χ1v) is 8.15. The zero-order valence-electron chi connectivity index (χ0n) is 14.3. The van der Waals surface area contributed by atoms with Crippen LogP contribution in [0.4, 0.5) is 4.39 Å². The van der Waals surface area contributed by atoms with E-state index in [2.05, 4.69) is 0 Å². The van der Waals surface area contributed by atoms with Crippen molar-refractivity contribution < 1.29 is 28.2 Å². The summed E-state index contributed by atoms with van der Waals surface area (Å²) in [6.07, 6.45) is 0.568. The van der Waals surface area contributed by atoms with Crippen LogP contribution in [0.15, 0.2) is 48.2 Å². The Morgan fingerprint density at radius 1 is 1.27 bits per heavy atom. The molecule has 26 heavy (non-hydrogen) atoms. The number of ether oxygens (including phenoxy) is 3. The maximum absolute atomic E-state index is 13.8. The number of Topliss-reactive ketones (excluding diaryl/α,β-unsaturated/α-hetero) is 1. The quantitative estimate of drug-likeness (QED) is 0.603. The molecule has 1 heterocycles. The summed E-state index contributed by atoms with van der Waals surface area (Å²) in [7, 11) is 0. The van der Waals surface area contributed by atoms with Crippen molar-refractivity contribution in [1.29, 1.82) is 0 Å². The highest BCUT2D eigenvalue weighted by Crippen LogP contribution is 2.35. The van der Waals surface area contributed by atoms with E-state index in [4.69, 9.17) is 14.2 Å². The standard InChI is InChI=1S/C20H17FO5/c1-3-24-20(23)12(2)25-14-8-9-15-17(11-14)26-18(19(15)22)10-13-6-4-5-7-16(13)21/h4-12H,3H2,1-2H3/t12-/m1/s1. The zero-order valence-corrected chi connectivity index (χ0v) is 14.3. The van der Waals surface area contributed by atoms with Crippen molar-refractivity contribution in [3.63, 3.8) is 0 Å². The minimum Gasteiger partial charge on any atom is -0.479 e. The fourth-order valence-corrected chi connectivity index (χ4v) is 2.49. The van der Waals surface area contributed by atoms with Gasteiger partial charge in [-0.25, -0.2) is 9.18 Å². The molecule has 1 atom stereocenters. The molecule has 0 spiro atoms. The van der Waals surface area contributed by atoms with Crippen molar-refractivity contribution in [3.05, 3.63) is 65.2 Å². The number of allylic oxidation sites excluding steroid dienone is 1. The van der Waals surface area contributed by atoms with Crippen LogP contribution in [0.5, 0.6) is 11.5 Å². The van der Waals surface area contributed by atoms with Crippen molar-refractivity contribution in [3.8, 4) is 11.5 Å². The highest BCUT2D eigenvalue weighted by Gasteiger charge is 2.28. The number of hydrogen-bond donors (Lipinski definition) is 0. The number of carbonyl (C=O) groups excluding carboxylic acids is 2.